The van der Waals surface area contributed by atoms with Gasteiger partial charge in [-0.15, -0.1) is 0 Å². The largest absolute Gasteiger partial charge is 0.478 e. The number of carboxylic acids is 1. The van der Waals surface area contributed by atoms with Gasteiger partial charge in [-0.25, -0.2) is 4.79 Å². The molecule has 7 heteroatoms. The van der Waals surface area contributed by atoms with Crippen LogP contribution in [0.15, 0.2) is 78.4 Å². The number of aromatic nitrogens is 2. The number of hydrogen-bond donors (Lipinski definition) is 1. The van der Waals surface area contributed by atoms with Gasteiger partial charge in [-0.3, -0.25) is 4.79 Å². The van der Waals surface area contributed by atoms with Crippen molar-refractivity contribution in [1.82, 2.24) is 8.75 Å². The lowest BCUT2D eigenvalue weighted by atomic mass is 9.89. The molecule has 0 aliphatic heterocycles. The Balaban J connectivity index is 1.87. The zero-order valence-electron chi connectivity index (χ0n) is 17.6. The summed E-state index contributed by atoms with van der Waals surface area (Å²) in [7, 11) is 3.90. The standard InChI is InChI=1S/C25H21N3O3S/c1-28(2)19-11-8-16(9-12-19)14-20(24(29)17-6-4-3-5-7-17)23(25(30)31)18-10-13-21-22(15-18)27-32-26-21/h3-13,15H,14H2,1-2H3,(H,30,31)/b23-20+. The zero-order valence-corrected chi connectivity index (χ0v) is 18.5. The van der Waals surface area contributed by atoms with Gasteiger partial charge in [-0.2, -0.15) is 8.75 Å². The Morgan fingerprint density at radius 3 is 2.22 bits per heavy atom. The number of allylic oxidation sites excluding steroid dienone is 1. The van der Waals surface area contributed by atoms with Crippen LogP contribution in [0.1, 0.15) is 21.5 Å². The molecule has 160 valence electrons. The zero-order chi connectivity index (χ0) is 22.7. The van der Waals surface area contributed by atoms with Crippen molar-refractivity contribution in [3.63, 3.8) is 0 Å². The lowest BCUT2D eigenvalue weighted by Crippen LogP contribution is -2.14. The van der Waals surface area contributed by atoms with Gasteiger partial charge in [0.1, 0.15) is 11.0 Å². The molecule has 0 spiro atoms. The number of rotatable bonds is 7. The Labute approximate surface area is 189 Å². The van der Waals surface area contributed by atoms with E-state index in [1.807, 2.05) is 49.3 Å². The average molecular weight is 444 g/mol. The highest BCUT2D eigenvalue weighted by Gasteiger charge is 2.24. The Bertz CT molecular complexity index is 1310. The number of nitrogens with zero attached hydrogens (tertiary/aromatic N) is 3. The number of hydrogen-bond acceptors (Lipinski definition) is 6. The quantitative estimate of drug-likeness (QED) is 0.329. The number of carboxylic acid groups (broad SMARTS) is 1. The summed E-state index contributed by atoms with van der Waals surface area (Å²) in [5.74, 6) is -1.46. The number of carbonyl (C=O) groups excluding carboxylic acids is 1. The summed E-state index contributed by atoms with van der Waals surface area (Å²) in [4.78, 5) is 27.9. The molecule has 0 amide bonds. The van der Waals surface area contributed by atoms with Crippen molar-refractivity contribution < 1.29 is 14.7 Å². The van der Waals surface area contributed by atoms with E-state index in [1.165, 1.54) is 0 Å². The number of ketones is 1. The molecule has 1 N–H and O–H groups in total. The van der Waals surface area contributed by atoms with Gasteiger partial charge in [0, 0.05) is 37.3 Å². The van der Waals surface area contributed by atoms with E-state index in [9.17, 15) is 14.7 Å². The van der Waals surface area contributed by atoms with E-state index >= 15 is 0 Å². The lowest BCUT2D eigenvalue weighted by molar-refractivity contribution is -0.130. The number of benzene rings is 3. The summed E-state index contributed by atoms with van der Waals surface area (Å²) in [6.07, 6.45) is 0.191. The molecule has 0 saturated carbocycles. The summed E-state index contributed by atoms with van der Waals surface area (Å²) in [5, 5.41) is 10.2. The fraction of sp³-hybridized carbons (Fsp3) is 0.120. The van der Waals surface area contributed by atoms with Crippen LogP contribution in [0.25, 0.3) is 16.6 Å². The number of aliphatic carboxylic acids is 1. The average Bonchev–Trinajstić information content (AvgIpc) is 3.27. The molecule has 3 aromatic carbocycles. The van der Waals surface area contributed by atoms with Crippen molar-refractivity contribution in [1.29, 1.82) is 0 Å². The van der Waals surface area contributed by atoms with Crippen molar-refractivity contribution in [3.8, 4) is 0 Å². The summed E-state index contributed by atoms with van der Waals surface area (Å²) >= 11 is 1.07. The Morgan fingerprint density at radius 1 is 0.875 bits per heavy atom. The third-order valence-corrected chi connectivity index (χ3v) is 5.76. The van der Waals surface area contributed by atoms with Crippen molar-refractivity contribution in [2.75, 3.05) is 19.0 Å². The monoisotopic (exact) mass is 443 g/mol. The van der Waals surface area contributed by atoms with Crippen LogP contribution in [0.5, 0.6) is 0 Å². The van der Waals surface area contributed by atoms with Gasteiger partial charge in [0.05, 0.1) is 17.3 Å². The Morgan fingerprint density at radius 2 is 1.56 bits per heavy atom. The molecule has 0 bridgehead atoms. The summed E-state index contributed by atoms with van der Waals surface area (Å²) in [6, 6.07) is 21.6. The van der Waals surface area contributed by atoms with E-state index in [0.717, 1.165) is 23.0 Å². The molecule has 0 aliphatic rings. The summed E-state index contributed by atoms with van der Waals surface area (Å²) in [5.41, 5.74) is 4.25. The third-order valence-electron chi connectivity index (χ3n) is 5.20. The summed E-state index contributed by atoms with van der Waals surface area (Å²) < 4.78 is 8.40. The van der Waals surface area contributed by atoms with Gasteiger partial charge >= 0.3 is 5.97 Å². The fourth-order valence-electron chi connectivity index (χ4n) is 3.53. The molecule has 32 heavy (non-hydrogen) atoms. The fourth-order valence-corrected chi connectivity index (χ4v) is 4.04. The van der Waals surface area contributed by atoms with Crippen LogP contribution in [-0.2, 0) is 11.2 Å². The van der Waals surface area contributed by atoms with Crippen LogP contribution in [-0.4, -0.2) is 39.7 Å². The maximum Gasteiger partial charge on any atom is 0.336 e. The number of Topliss-reactive ketones (excluding diaryl/α,β-unsaturated/α-hetero) is 1. The molecule has 1 aromatic heterocycles. The first-order chi connectivity index (χ1) is 15.4. The second kappa shape index (κ2) is 9.11. The topological polar surface area (TPSA) is 83.4 Å². The highest BCUT2D eigenvalue weighted by molar-refractivity contribution is 7.00. The maximum atomic E-state index is 13.5. The second-order valence-corrected chi connectivity index (χ2v) is 8.09. The van der Waals surface area contributed by atoms with Gasteiger partial charge in [-0.1, -0.05) is 48.5 Å². The molecule has 4 rings (SSSR count). The number of fused-ring (bicyclic) bond motifs is 1. The summed E-state index contributed by atoms with van der Waals surface area (Å²) in [6.45, 7) is 0. The molecule has 6 nitrogen and oxygen atoms in total. The van der Waals surface area contributed by atoms with Crippen LogP contribution in [0.3, 0.4) is 0 Å². The van der Waals surface area contributed by atoms with Crippen molar-refractivity contribution in [2.24, 2.45) is 0 Å². The molecule has 0 fully saturated rings. The van der Waals surface area contributed by atoms with E-state index < -0.39 is 5.97 Å². The third kappa shape index (κ3) is 4.43. The smallest absolute Gasteiger partial charge is 0.336 e. The van der Waals surface area contributed by atoms with Crippen molar-refractivity contribution in [3.05, 3.63) is 95.1 Å². The molecule has 0 unspecified atom stereocenters. The number of carbonyl (C=O) groups is 2. The van der Waals surface area contributed by atoms with Crippen LogP contribution >= 0.6 is 11.7 Å². The van der Waals surface area contributed by atoms with E-state index in [1.54, 1.807) is 42.5 Å². The van der Waals surface area contributed by atoms with Gasteiger partial charge in [0.15, 0.2) is 5.78 Å². The Hall–Kier alpha value is -3.84. The Kier molecular flexibility index (Phi) is 6.09. The van der Waals surface area contributed by atoms with E-state index in [2.05, 4.69) is 8.75 Å². The van der Waals surface area contributed by atoms with Gasteiger partial charge < -0.3 is 10.0 Å². The van der Waals surface area contributed by atoms with E-state index in [0.29, 0.717) is 22.2 Å². The molecule has 0 saturated heterocycles. The molecular weight excluding hydrogens is 422 g/mol. The number of anilines is 1. The normalized spacial score (nSPS) is 11.8. The predicted molar refractivity (Wildman–Crippen MR) is 127 cm³/mol. The van der Waals surface area contributed by atoms with Gasteiger partial charge in [0.2, 0.25) is 0 Å². The van der Waals surface area contributed by atoms with Gasteiger partial charge in [-0.05, 0) is 35.4 Å². The van der Waals surface area contributed by atoms with Crippen LogP contribution in [0.4, 0.5) is 5.69 Å². The van der Waals surface area contributed by atoms with Crippen molar-refractivity contribution in [2.45, 2.75) is 6.42 Å². The molecule has 0 aliphatic carbocycles. The van der Waals surface area contributed by atoms with E-state index in [4.69, 9.17) is 0 Å². The minimum absolute atomic E-state index is 0.0227. The highest BCUT2D eigenvalue weighted by Crippen LogP contribution is 2.28. The molecular formula is C25H21N3O3S. The van der Waals surface area contributed by atoms with Crippen LogP contribution in [0.2, 0.25) is 0 Å². The molecule has 0 atom stereocenters. The minimum Gasteiger partial charge on any atom is -0.478 e. The SMILES string of the molecule is CN(C)c1ccc(C/C(C(=O)c2ccccc2)=C(\C(=O)O)c2ccc3nsnc3c2)cc1. The first kappa shape index (κ1) is 21.4. The first-order valence-corrected chi connectivity index (χ1v) is 10.7. The highest BCUT2D eigenvalue weighted by atomic mass is 32.1. The van der Waals surface area contributed by atoms with E-state index in [-0.39, 0.29) is 23.4 Å². The van der Waals surface area contributed by atoms with Crippen LogP contribution in [0, 0.1) is 0 Å². The van der Waals surface area contributed by atoms with Crippen molar-refractivity contribution >= 4 is 45.8 Å². The lowest BCUT2D eigenvalue weighted by Gasteiger charge is -2.15. The molecule has 1 heterocycles. The predicted octanol–water partition coefficient (Wildman–Crippen LogP) is 4.72. The molecule has 4 aromatic rings. The van der Waals surface area contributed by atoms with Crippen LogP contribution < -0.4 is 4.90 Å². The second-order valence-electron chi connectivity index (χ2n) is 7.56. The minimum atomic E-state index is -1.16. The maximum absolute atomic E-state index is 13.5. The molecule has 0 radical (unpaired) electrons. The first-order valence-electron chi connectivity index (χ1n) is 9.99. The van der Waals surface area contributed by atoms with Gasteiger partial charge in [0.25, 0.3) is 0 Å².